The molecule has 1 aromatic rings. The van der Waals surface area contributed by atoms with Crippen molar-refractivity contribution >= 4 is 5.82 Å². The third-order valence-corrected chi connectivity index (χ3v) is 2.91. The average molecular weight is 265 g/mol. The fraction of sp³-hybridized carbons (Fsp3) is 0.667. The molecule has 0 spiro atoms. The van der Waals surface area contributed by atoms with Gasteiger partial charge in [0.05, 0.1) is 6.10 Å². The van der Waals surface area contributed by atoms with Gasteiger partial charge in [-0.3, -0.25) is 0 Å². The van der Waals surface area contributed by atoms with E-state index in [0.29, 0.717) is 0 Å². The Hall–Kier alpha value is -1.13. The second-order valence-electron chi connectivity index (χ2n) is 6.19. The van der Waals surface area contributed by atoms with Crippen molar-refractivity contribution in [3.63, 3.8) is 0 Å². The number of aromatic nitrogens is 1. The second-order valence-corrected chi connectivity index (χ2v) is 6.19. The minimum Gasteiger partial charge on any atom is -0.393 e. The standard InChI is InChI=1S/C15H27N3O/c1-12(19)8-9-18(5)14-7-6-13(10-16-14)11-17-15(2,3)4/h6-7,10,12,17,19H,8-9,11H2,1-5H3. The first kappa shape index (κ1) is 15.9. The zero-order valence-corrected chi connectivity index (χ0v) is 12.8. The highest BCUT2D eigenvalue weighted by atomic mass is 16.3. The zero-order valence-electron chi connectivity index (χ0n) is 12.8. The average Bonchev–Trinajstić information content (AvgIpc) is 2.33. The molecule has 1 heterocycles. The Morgan fingerprint density at radius 3 is 2.53 bits per heavy atom. The summed E-state index contributed by atoms with van der Waals surface area (Å²) in [5, 5.41) is 12.7. The van der Waals surface area contributed by atoms with Crippen LogP contribution < -0.4 is 10.2 Å². The lowest BCUT2D eigenvalue weighted by molar-refractivity contribution is 0.187. The van der Waals surface area contributed by atoms with E-state index in [0.717, 1.165) is 25.3 Å². The van der Waals surface area contributed by atoms with Crippen LogP contribution in [0.5, 0.6) is 0 Å². The van der Waals surface area contributed by atoms with Crippen LogP contribution in [0.3, 0.4) is 0 Å². The van der Waals surface area contributed by atoms with Crippen LogP contribution in [0, 0.1) is 0 Å². The van der Waals surface area contributed by atoms with Crippen LogP contribution in [0.2, 0.25) is 0 Å². The minimum absolute atomic E-state index is 0.118. The first-order chi connectivity index (χ1) is 8.78. The molecule has 0 saturated heterocycles. The molecule has 0 amide bonds. The van der Waals surface area contributed by atoms with Gasteiger partial charge < -0.3 is 15.3 Å². The molecule has 1 aromatic heterocycles. The number of rotatable bonds is 6. The third kappa shape index (κ3) is 6.55. The van der Waals surface area contributed by atoms with Crippen molar-refractivity contribution in [1.82, 2.24) is 10.3 Å². The molecule has 0 aliphatic carbocycles. The molecule has 4 nitrogen and oxygen atoms in total. The van der Waals surface area contributed by atoms with Crippen LogP contribution in [0.4, 0.5) is 5.82 Å². The highest BCUT2D eigenvalue weighted by molar-refractivity contribution is 5.38. The van der Waals surface area contributed by atoms with Gasteiger partial charge in [0.25, 0.3) is 0 Å². The van der Waals surface area contributed by atoms with Crippen LogP contribution in [0.15, 0.2) is 18.3 Å². The maximum absolute atomic E-state index is 9.28. The normalized spacial score (nSPS) is 13.4. The summed E-state index contributed by atoms with van der Waals surface area (Å²) in [4.78, 5) is 6.52. The topological polar surface area (TPSA) is 48.4 Å². The largest absolute Gasteiger partial charge is 0.393 e. The van der Waals surface area contributed by atoms with Gasteiger partial charge in [0.15, 0.2) is 0 Å². The molecule has 1 rings (SSSR count). The number of nitrogens with one attached hydrogen (secondary N) is 1. The van der Waals surface area contributed by atoms with Crippen LogP contribution in [-0.2, 0) is 6.54 Å². The molecule has 0 radical (unpaired) electrons. The number of nitrogens with zero attached hydrogens (tertiary/aromatic N) is 2. The van der Waals surface area contributed by atoms with Gasteiger partial charge in [0, 0.05) is 31.9 Å². The predicted molar refractivity (Wildman–Crippen MR) is 80.4 cm³/mol. The van der Waals surface area contributed by atoms with Gasteiger partial charge >= 0.3 is 0 Å². The van der Waals surface area contributed by atoms with Gasteiger partial charge in [-0.25, -0.2) is 4.98 Å². The highest BCUT2D eigenvalue weighted by Gasteiger charge is 2.09. The molecular weight excluding hydrogens is 238 g/mol. The molecule has 0 aromatic carbocycles. The van der Waals surface area contributed by atoms with Crippen LogP contribution in [-0.4, -0.2) is 35.3 Å². The number of hydrogen-bond acceptors (Lipinski definition) is 4. The summed E-state index contributed by atoms with van der Waals surface area (Å²) in [5.74, 6) is 0.945. The molecule has 0 fully saturated rings. The van der Waals surface area contributed by atoms with E-state index >= 15 is 0 Å². The molecule has 4 heteroatoms. The summed E-state index contributed by atoms with van der Waals surface area (Å²) < 4.78 is 0. The molecular formula is C15H27N3O. The first-order valence-corrected chi connectivity index (χ1v) is 6.87. The molecule has 1 atom stereocenters. The van der Waals surface area contributed by atoms with Crippen LogP contribution in [0.1, 0.15) is 39.7 Å². The molecule has 0 saturated carbocycles. The molecule has 108 valence electrons. The Balaban J connectivity index is 2.51. The van der Waals surface area contributed by atoms with Crippen molar-refractivity contribution in [1.29, 1.82) is 0 Å². The van der Waals surface area contributed by atoms with Crippen LogP contribution >= 0.6 is 0 Å². The first-order valence-electron chi connectivity index (χ1n) is 6.87. The maximum atomic E-state index is 9.28. The van der Waals surface area contributed by atoms with Gasteiger partial charge in [-0.2, -0.15) is 0 Å². The fourth-order valence-corrected chi connectivity index (χ4v) is 1.61. The Kier molecular flexibility index (Phi) is 5.76. The molecule has 0 bridgehead atoms. The third-order valence-electron chi connectivity index (χ3n) is 2.91. The number of pyridine rings is 1. The second kappa shape index (κ2) is 6.87. The molecule has 0 aliphatic heterocycles. The molecule has 2 N–H and O–H groups in total. The van der Waals surface area contributed by atoms with E-state index in [-0.39, 0.29) is 11.6 Å². The number of aliphatic hydroxyl groups excluding tert-OH is 1. The molecule has 1 unspecified atom stereocenters. The summed E-state index contributed by atoms with van der Waals surface area (Å²) >= 11 is 0. The number of aliphatic hydroxyl groups is 1. The summed E-state index contributed by atoms with van der Waals surface area (Å²) in [7, 11) is 2.00. The van der Waals surface area contributed by atoms with Gasteiger partial charge in [0.2, 0.25) is 0 Å². The van der Waals surface area contributed by atoms with E-state index in [4.69, 9.17) is 0 Å². The van der Waals surface area contributed by atoms with Gasteiger partial charge in [0.1, 0.15) is 5.82 Å². The monoisotopic (exact) mass is 265 g/mol. The zero-order chi connectivity index (χ0) is 14.5. The van der Waals surface area contributed by atoms with Crippen molar-refractivity contribution in [3.8, 4) is 0 Å². The summed E-state index contributed by atoms with van der Waals surface area (Å²) in [6.07, 6.45) is 2.40. The number of anilines is 1. The van der Waals surface area contributed by atoms with Gasteiger partial charge in [-0.1, -0.05) is 6.07 Å². The van der Waals surface area contributed by atoms with E-state index in [1.54, 1.807) is 0 Å². The fourth-order valence-electron chi connectivity index (χ4n) is 1.61. The number of hydrogen-bond donors (Lipinski definition) is 2. The van der Waals surface area contributed by atoms with Gasteiger partial charge in [-0.15, -0.1) is 0 Å². The summed E-state index contributed by atoms with van der Waals surface area (Å²) in [5.41, 5.74) is 1.30. The molecule has 19 heavy (non-hydrogen) atoms. The lowest BCUT2D eigenvalue weighted by atomic mass is 10.1. The van der Waals surface area contributed by atoms with Crippen molar-refractivity contribution in [2.24, 2.45) is 0 Å². The SMILES string of the molecule is CC(O)CCN(C)c1ccc(CNC(C)(C)C)cn1. The van der Waals surface area contributed by atoms with E-state index < -0.39 is 0 Å². The summed E-state index contributed by atoms with van der Waals surface area (Å²) in [6.45, 7) is 9.90. The van der Waals surface area contributed by atoms with E-state index in [2.05, 4.69) is 42.0 Å². The van der Waals surface area contributed by atoms with E-state index in [9.17, 15) is 5.11 Å². The Bertz CT molecular complexity index is 368. The van der Waals surface area contributed by atoms with Crippen LogP contribution in [0.25, 0.3) is 0 Å². The lowest BCUT2D eigenvalue weighted by Crippen LogP contribution is -2.35. The predicted octanol–water partition coefficient (Wildman–Crippen LogP) is 2.18. The minimum atomic E-state index is -0.266. The van der Waals surface area contributed by atoms with Crippen molar-refractivity contribution < 1.29 is 5.11 Å². The van der Waals surface area contributed by atoms with E-state index in [1.807, 2.05) is 26.2 Å². The quantitative estimate of drug-likeness (QED) is 0.827. The Morgan fingerprint density at radius 2 is 2.05 bits per heavy atom. The Labute approximate surface area is 116 Å². The highest BCUT2D eigenvalue weighted by Crippen LogP contribution is 2.11. The van der Waals surface area contributed by atoms with E-state index in [1.165, 1.54) is 5.56 Å². The van der Waals surface area contributed by atoms with Crippen molar-refractivity contribution in [2.45, 2.75) is 52.3 Å². The van der Waals surface area contributed by atoms with Crippen molar-refractivity contribution in [2.75, 3.05) is 18.5 Å². The Morgan fingerprint density at radius 1 is 1.37 bits per heavy atom. The molecule has 0 aliphatic rings. The summed E-state index contributed by atoms with van der Waals surface area (Å²) in [6, 6.07) is 4.13. The van der Waals surface area contributed by atoms with Gasteiger partial charge in [-0.05, 0) is 45.7 Å². The maximum Gasteiger partial charge on any atom is 0.128 e. The smallest absolute Gasteiger partial charge is 0.128 e. The van der Waals surface area contributed by atoms with Crippen molar-refractivity contribution in [3.05, 3.63) is 23.9 Å². The lowest BCUT2D eigenvalue weighted by Gasteiger charge is -2.21.